The van der Waals surface area contributed by atoms with Crippen LogP contribution in [0.5, 0.6) is 0 Å². The fourth-order valence-electron chi connectivity index (χ4n) is 4.11. The van der Waals surface area contributed by atoms with Gasteiger partial charge < -0.3 is 9.64 Å². The molecule has 1 aliphatic heterocycles. The summed E-state index contributed by atoms with van der Waals surface area (Å²) in [6.45, 7) is 12.8. The number of morpholine rings is 1. The summed E-state index contributed by atoms with van der Waals surface area (Å²) in [5.74, 6) is 0. The first kappa shape index (κ1) is 16.3. The third kappa shape index (κ3) is 2.84. The molecule has 0 amide bonds. The predicted octanol–water partition coefficient (Wildman–Crippen LogP) is 4.02. The van der Waals surface area contributed by atoms with E-state index in [1.54, 1.807) is 11.3 Å². The van der Waals surface area contributed by atoms with Gasteiger partial charge in [0.15, 0.2) is 0 Å². The molecule has 0 radical (unpaired) electrons. The van der Waals surface area contributed by atoms with Crippen molar-refractivity contribution in [2.75, 3.05) is 18.0 Å². The number of fused-ring (bicyclic) bond motifs is 1. The van der Waals surface area contributed by atoms with Crippen LogP contribution in [-0.4, -0.2) is 38.9 Å². The molecule has 2 aliphatic rings. The van der Waals surface area contributed by atoms with Crippen molar-refractivity contribution in [3.63, 3.8) is 0 Å². The lowest BCUT2D eigenvalue weighted by molar-refractivity contribution is -0.148. The van der Waals surface area contributed by atoms with Gasteiger partial charge in [-0.3, -0.25) is 0 Å². The molecule has 4 rings (SSSR count). The molecule has 0 atom stereocenters. The van der Waals surface area contributed by atoms with Crippen LogP contribution in [-0.2, 0) is 10.2 Å². The maximum absolute atomic E-state index is 6.51. The van der Waals surface area contributed by atoms with Gasteiger partial charge in [0, 0.05) is 18.5 Å². The highest BCUT2D eigenvalue weighted by molar-refractivity contribution is 7.20. The Morgan fingerprint density at radius 1 is 1.17 bits per heavy atom. The second-order valence-electron chi connectivity index (χ2n) is 9.10. The molecule has 3 heterocycles. The van der Waals surface area contributed by atoms with Gasteiger partial charge in [0.2, 0.25) is 10.1 Å². The first-order chi connectivity index (χ1) is 11.2. The van der Waals surface area contributed by atoms with Gasteiger partial charge in [-0.15, -0.1) is 5.10 Å². The third-order valence-electron chi connectivity index (χ3n) is 5.13. The Hall–Kier alpha value is -1.14. The Morgan fingerprint density at radius 2 is 1.88 bits per heavy atom. The van der Waals surface area contributed by atoms with Crippen molar-refractivity contribution >= 4 is 21.4 Å². The standard InChI is InChI=1S/C18H28N4OS/c1-16(2,3)13-10-22-14(19-13)24-15(20-22)21-11-17(4,5)23-18(12-21)8-6-7-9-18/h10H,6-9,11-12H2,1-5H3. The van der Waals surface area contributed by atoms with Crippen LogP contribution >= 0.6 is 11.3 Å². The Morgan fingerprint density at radius 3 is 2.50 bits per heavy atom. The van der Waals surface area contributed by atoms with E-state index in [2.05, 4.69) is 45.7 Å². The summed E-state index contributed by atoms with van der Waals surface area (Å²) in [4.78, 5) is 8.19. The highest BCUT2D eigenvalue weighted by atomic mass is 32.1. The Labute approximate surface area is 148 Å². The molecule has 5 nitrogen and oxygen atoms in total. The first-order valence-electron chi connectivity index (χ1n) is 8.98. The second-order valence-corrected chi connectivity index (χ2v) is 10.0. The molecule has 2 fully saturated rings. The number of aromatic nitrogens is 3. The summed E-state index contributed by atoms with van der Waals surface area (Å²) in [5.41, 5.74) is 1.05. The maximum atomic E-state index is 6.51. The molecule has 0 aromatic carbocycles. The van der Waals surface area contributed by atoms with E-state index in [4.69, 9.17) is 14.8 Å². The summed E-state index contributed by atoms with van der Waals surface area (Å²) < 4.78 is 8.45. The molecule has 1 saturated heterocycles. The molecular weight excluding hydrogens is 320 g/mol. The third-order valence-corrected chi connectivity index (χ3v) is 6.11. The Balaban J connectivity index is 1.65. The minimum Gasteiger partial charge on any atom is -0.365 e. The zero-order valence-electron chi connectivity index (χ0n) is 15.4. The Bertz CT molecular complexity index is 717. The molecule has 2 aromatic rings. The summed E-state index contributed by atoms with van der Waals surface area (Å²) >= 11 is 1.69. The molecule has 0 N–H and O–H groups in total. The van der Waals surface area contributed by atoms with Gasteiger partial charge in [-0.2, -0.15) is 0 Å². The summed E-state index contributed by atoms with van der Waals surface area (Å²) in [6, 6.07) is 0. The maximum Gasteiger partial charge on any atom is 0.214 e. The molecule has 1 saturated carbocycles. The van der Waals surface area contributed by atoms with Crippen molar-refractivity contribution in [1.82, 2.24) is 14.6 Å². The number of imidazole rings is 1. The van der Waals surface area contributed by atoms with Gasteiger partial charge in [-0.25, -0.2) is 9.50 Å². The van der Waals surface area contributed by atoms with Gasteiger partial charge in [-0.1, -0.05) is 44.9 Å². The fraction of sp³-hybridized carbons (Fsp3) is 0.778. The van der Waals surface area contributed by atoms with Crippen molar-refractivity contribution in [2.45, 2.75) is 76.9 Å². The largest absolute Gasteiger partial charge is 0.365 e. The molecule has 1 aliphatic carbocycles. The van der Waals surface area contributed by atoms with Gasteiger partial charge in [0.25, 0.3) is 0 Å². The van der Waals surface area contributed by atoms with Crippen LogP contribution in [0.3, 0.4) is 0 Å². The monoisotopic (exact) mass is 348 g/mol. The molecule has 132 valence electrons. The lowest BCUT2D eigenvalue weighted by atomic mass is 9.93. The number of hydrogen-bond acceptors (Lipinski definition) is 5. The van der Waals surface area contributed by atoms with Crippen molar-refractivity contribution in [1.29, 1.82) is 0 Å². The molecular formula is C18H28N4OS. The topological polar surface area (TPSA) is 42.7 Å². The minimum absolute atomic E-state index is 0.0199. The van der Waals surface area contributed by atoms with Crippen molar-refractivity contribution < 1.29 is 4.74 Å². The summed E-state index contributed by atoms with van der Waals surface area (Å²) in [6.07, 6.45) is 6.97. The minimum atomic E-state index is -0.132. The van der Waals surface area contributed by atoms with E-state index in [1.165, 1.54) is 25.7 Å². The SMILES string of the molecule is CC1(C)CN(c2nn3cc(C(C)(C)C)nc3s2)CC2(CCCC2)O1. The van der Waals surface area contributed by atoms with Gasteiger partial charge in [0.05, 0.1) is 23.1 Å². The van der Waals surface area contributed by atoms with Gasteiger partial charge >= 0.3 is 0 Å². The second kappa shape index (κ2) is 5.18. The van der Waals surface area contributed by atoms with Crippen LogP contribution in [0.2, 0.25) is 0 Å². The smallest absolute Gasteiger partial charge is 0.214 e. The van der Waals surface area contributed by atoms with Crippen molar-refractivity contribution in [2.24, 2.45) is 0 Å². The lowest BCUT2D eigenvalue weighted by Crippen LogP contribution is -2.58. The molecule has 24 heavy (non-hydrogen) atoms. The van der Waals surface area contributed by atoms with E-state index in [1.807, 2.05) is 4.52 Å². The average molecular weight is 349 g/mol. The number of ether oxygens (including phenoxy) is 1. The van der Waals surface area contributed by atoms with Crippen LogP contribution in [0.15, 0.2) is 6.20 Å². The molecule has 2 aromatic heterocycles. The van der Waals surface area contributed by atoms with Crippen LogP contribution in [0.25, 0.3) is 4.96 Å². The lowest BCUT2D eigenvalue weighted by Gasteiger charge is -2.48. The fourth-order valence-corrected chi connectivity index (χ4v) is 4.99. The van der Waals surface area contributed by atoms with Crippen LogP contribution in [0.1, 0.15) is 66.0 Å². The van der Waals surface area contributed by atoms with Gasteiger partial charge in [0.1, 0.15) is 0 Å². The predicted molar refractivity (Wildman–Crippen MR) is 98.1 cm³/mol. The van der Waals surface area contributed by atoms with Gasteiger partial charge in [-0.05, 0) is 26.7 Å². The normalized spacial score (nSPS) is 23.5. The number of hydrogen-bond donors (Lipinski definition) is 0. The number of nitrogens with zero attached hydrogens (tertiary/aromatic N) is 4. The quantitative estimate of drug-likeness (QED) is 0.781. The average Bonchev–Trinajstić information content (AvgIpc) is 3.09. The zero-order chi connectivity index (χ0) is 17.2. The van der Waals surface area contributed by atoms with Crippen molar-refractivity contribution in [3.8, 4) is 0 Å². The van der Waals surface area contributed by atoms with Crippen molar-refractivity contribution in [3.05, 3.63) is 11.9 Å². The highest BCUT2D eigenvalue weighted by Gasteiger charge is 2.46. The molecule has 0 bridgehead atoms. The summed E-state index contributed by atoms with van der Waals surface area (Å²) in [5, 5.41) is 5.90. The van der Waals surface area contributed by atoms with Crippen LogP contribution in [0, 0.1) is 0 Å². The van der Waals surface area contributed by atoms with Crippen LogP contribution in [0.4, 0.5) is 5.13 Å². The van der Waals surface area contributed by atoms with Crippen LogP contribution < -0.4 is 4.90 Å². The zero-order valence-corrected chi connectivity index (χ0v) is 16.2. The molecule has 1 spiro atoms. The molecule has 6 heteroatoms. The van der Waals surface area contributed by atoms with E-state index in [9.17, 15) is 0 Å². The number of rotatable bonds is 1. The first-order valence-corrected chi connectivity index (χ1v) is 9.79. The van der Waals surface area contributed by atoms with E-state index in [0.29, 0.717) is 0 Å². The Kier molecular flexibility index (Phi) is 3.52. The van der Waals surface area contributed by atoms with E-state index in [0.717, 1.165) is 28.9 Å². The molecule has 0 unspecified atom stereocenters. The number of anilines is 1. The van der Waals surface area contributed by atoms with E-state index >= 15 is 0 Å². The van der Waals surface area contributed by atoms with E-state index < -0.39 is 0 Å². The van der Waals surface area contributed by atoms with E-state index in [-0.39, 0.29) is 16.6 Å². The summed E-state index contributed by atoms with van der Waals surface area (Å²) in [7, 11) is 0. The highest BCUT2D eigenvalue weighted by Crippen LogP contribution is 2.42.